The van der Waals surface area contributed by atoms with E-state index in [0.29, 0.717) is 6.79 Å². The Morgan fingerprint density at radius 1 is 1.32 bits per heavy atom. The monoisotopic (exact) mass is 262 g/mol. The van der Waals surface area contributed by atoms with Gasteiger partial charge in [-0.15, -0.1) is 0 Å². The number of benzene rings is 1. The first-order valence-electron chi connectivity index (χ1n) is 7.22. The maximum absolute atomic E-state index is 5.44. The highest BCUT2D eigenvalue weighted by atomic mass is 16.7. The normalized spacial score (nSPS) is 21.1. The molecule has 1 aromatic rings. The SMILES string of the molecule is CCCNCC1CCN(c2ccc3c(c2)OCO3)C1. The molecule has 0 spiro atoms. The second-order valence-electron chi connectivity index (χ2n) is 5.34. The number of anilines is 1. The van der Waals surface area contributed by atoms with Crippen molar-refractivity contribution < 1.29 is 9.47 Å². The molecule has 2 aliphatic heterocycles. The van der Waals surface area contributed by atoms with Gasteiger partial charge in [0.25, 0.3) is 0 Å². The van der Waals surface area contributed by atoms with E-state index in [4.69, 9.17) is 9.47 Å². The van der Waals surface area contributed by atoms with E-state index in [2.05, 4.69) is 29.3 Å². The third-order valence-electron chi connectivity index (χ3n) is 3.87. The molecular formula is C15H22N2O2. The van der Waals surface area contributed by atoms with Crippen LogP contribution in [0.4, 0.5) is 5.69 Å². The first-order valence-corrected chi connectivity index (χ1v) is 7.22. The molecule has 0 saturated carbocycles. The van der Waals surface area contributed by atoms with Gasteiger partial charge in [-0.05, 0) is 44.0 Å². The fourth-order valence-electron chi connectivity index (χ4n) is 2.80. The number of hydrogen-bond acceptors (Lipinski definition) is 4. The molecule has 1 saturated heterocycles. The van der Waals surface area contributed by atoms with Crippen molar-refractivity contribution in [3.63, 3.8) is 0 Å². The van der Waals surface area contributed by atoms with Gasteiger partial charge in [0.1, 0.15) is 0 Å². The zero-order valence-corrected chi connectivity index (χ0v) is 11.5. The molecule has 0 aromatic heterocycles. The van der Waals surface area contributed by atoms with Crippen LogP contribution in [0.1, 0.15) is 19.8 Å². The molecule has 1 N–H and O–H groups in total. The highest BCUT2D eigenvalue weighted by Crippen LogP contribution is 2.36. The lowest BCUT2D eigenvalue weighted by Gasteiger charge is -2.19. The first kappa shape index (κ1) is 12.6. The lowest BCUT2D eigenvalue weighted by atomic mass is 10.1. The molecular weight excluding hydrogens is 240 g/mol. The van der Waals surface area contributed by atoms with Crippen LogP contribution in [0.25, 0.3) is 0 Å². The molecule has 1 unspecified atom stereocenters. The second-order valence-corrected chi connectivity index (χ2v) is 5.34. The summed E-state index contributed by atoms with van der Waals surface area (Å²) < 4.78 is 10.8. The summed E-state index contributed by atoms with van der Waals surface area (Å²) in [6.45, 7) is 7.09. The van der Waals surface area contributed by atoms with Crippen LogP contribution < -0.4 is 19.7 Å². The average Bonchev–Trinajstić information content (AvgIpc) is 3.06. The minimum Gasteiger partial charge on any atom is -0.454 e. The summed E-state index contributed by atoms with van der Waals surface area (Å²) in [5.74, 6) is 2.51. The van der Waals surface area contributed by atoms with Crippen LogP contribution in [0.3, 0.4) is 0 Å². The topological polar surface area (TPSA) is 33.7 Å². The van der Waals surface area contributed by atoms with Gasteiger partial charge in [-0.3, -0.25) is 0 Å². The molecule has 0 aliphatic carbocycles. The molecule has 0 radical (unpaired) electrons. The van der Waals surface area contributed by atoms with Gasteiger partial charge in [0.05, 0.1) is 0 Å². The van der Waals surface area contributed by atoms with Gasteiger partial charge in [0, 0.05) is 24.8 Å². The summed E-state index contributed by atoms with van der Waals surface area (Å²) in [5, 5.41) is 3.52. The minimum absolute atomic E-state index is 0.350. The molecule has 104 valence electrons. The third kappa shape index (κ3) is 2.78. The summed E-state index contributed by atoms with van der Waals surface area (Å²) in [7, 11) is 0. The second kappa shape index (κ2) is 5.70. The van der Waals surface area contributed by atoms with Gasteiger partial charge in [0.2, 0.25) is 6.79 Å². The third-order valence-corrected chi connectivity index (χ3v) is 3.87. The van der Waals surface area contributed by atoms with E-state index < -0.39 is 0 Å². The van der Waals surface area contributed by atoms with Crippen molar-refractivity contribution in [2.75, 3.05) is 37.9 Å². The maximum atomic E-state index is 5.44. The van der Waals surface area contributed by atoms with Crippen molar-refractivity contribution in [1.82, 2.24) is 5.32 Å². The largest absolute Gasteiger partial charge is 0.454 e. The van der Waals surface area contributed by atoms with Crippen molar-refractivity contribution >= 4 is 5.69 Å². The van der Waals surface area contributed by atoms with Gasteiger partial charge in [-0.2, -0.15) is 0 Å². The summed E-state index contributed by atoms with van der Waals surface area (Å²) in [4.78, 5) is 2.44. The van der Waals surface area contributed by atoms with Crippen LogP contribution in [-0.2, 0) is 0 Å². The Bertz CT molecular complexity index is 436. The smallest absolute Gasteiger partial charge is 0.231 e. The van der Waals surface area contributed by atoms with E-state index >= 15 is 0 Å². The first-order chi connectivity index (χ1) is 9.36. The fraction of sp³-hybridized carbons (Fsp3) is 0.600. The van der Waals surface area contributed by atoms with Gasteiger partial charge in [-0.1, -0.05) is 6.92 Å². The van der Waals surface area contributed by atoms with Crippen molar-refractivity contribution in [1.29, 1.82) is 0 Å². The van der Waals surface area contributed by atoms with Crippen LogP contribution in [-0.4, -0.2) is 33.0 Å². The molecule has 0 amide bonds. The Morgan fingerprint density at radius 2 is 2.21 bits per heavy atom. The Kier molecular flexibility index (Phi) is 3.78. The quantitative estimate of drug-likeness (QED) is 0.825. The number of hydrogen-bond donors (Lipinski definition) is 1. The summed E-state index contributed by atoms with van der Waals surface area (Å²) in [6.07, 6.45) is 2.48. The predicted octanol–water partition coefficient (Wildman–Crippen LogP) is 2.24. The van der Waals surface area contributed by atoms with Crippen LogP contribution in [0, 0.1) is 5.92 Å². The minimum atomic E-state index is 0.350. The average molecular weight is 262 g/mol. The number of nitrogens with zero attached hydrogens (tertiary/aromatic N) is 1. The number of ether oxygens (including phenoxy) is 2. The van der Waals surface area contributed by atoms with Crippen molar-refractivity contribution in [3.05, 3.63) is 18.2 Å². The van der Waals surface area contributed by atoms with Crippen molar-refractivity contribution in [3.8, 4) is 11.5 Å². The highest BCUT2D eigenvalue weighted by Gasteiger charge is 2.24. The molecule has 3 rings (SSSR count). The lowest BCUT2D eigenvalue weighted by Crippen LogP contribution is -2.26. The molecule has 1 aromatic carbocycles. The van der Waals surface area contributed by atoms with Crippen molar-refractivity contribution in [2.24, 2.45) is 5.92 Å². The van der Waals surface area contributed by atoms with Gasteiger partial charge >= 0.3 is 0 Å². The van der Waals surface area contributed by atoms with Crippen LogP contribution in [0.5, 0.6) is 11.5 Å². The molecule has 1 atom stereocenters. The standard InChI is InChI=1S/C15H22N2O2/c1-2-6-16-9-12-5-7-17(10-12)13-3-4-14-15(8-13)19-11-18-14/h3-4,8,12,16H,2,5-7,9-11H2,1H3. The maximum Gasteiger partial charge on any atom is 0.231 e. The van der Waals surface area contributed by atoms with Crippen LogP contribution in [0.15, 0.2) is 18.2 Å². The predicted molar refractivity (Wildman–Crippen MR) is 76.0 cm³/mol. The van der Waals surface area contributed by atoms with Gasteiger partial charge in [-0.25, -0.2) is 0 Å². The Balaban J connectivity index is 1.58. The molecule has 4 nitrogen and oxygen atoms in total. The number of fused-ring (bicyclic) bond motifs is 1. The lowest BCUT2D eigenvalue weighted by molar-refractivity contribution is 0.174. The molecule has 19 heavy (non-hydrogen) atoms. The van der Waals surface area contributed by atoms with E-state index in [9.17, 15) is 0 Å². The Labute approximate surface area is 114 Å². The molecule has 0 bridgehead atoms. The molecule has 2 heterocycles. The number of nitrogens with one attached hydrogen (secondary N) is 1. The van der Waals surface area contributed by atoms with E-state index in [0.717, 1.165) is 43.6 Å². The summed E-state index contributed by atoms with van der Waals surface area (Å²) >= 11 is 0. The van der Waals surface area contributed by atoms with E-state index in [-0.39, 0.29) is 0 Å². The zero-order valence-electron chi connectivity index (χ0n) is 11.5. The van der Waals surface area contributed by atoms with Gasteiger partial charge in [0.15, 0.2) is 11.5 Å². The molecule has 4 heteroatoms. The fourth-order valence-corrected chi connectivity index (χ4v) is 2.80. The van der Waals surface area contributed by atoms with Crippen LogP contribution >= 0.6 is 0 Å². The van der Waals surface area contributed by atoms with E-state index in [1.54, 1.807) is 0 Å². The van der Waals surface area contributed by atoms with Gasteiger partial charge < -0.3 is 19.7 Å². The highest BCUT2D eigenvalue weighted by molar-refractivity contribution is 5.57. The summed E-state index contributed by atoms with van der Waals surface area (Å²) in [5.41, 5.74) is 1.25. The summed E-state index contributed by atoms with van der Waals surface area (Å²) in [6, 6.07) is 6.25. The zero-order chi connectivity index (χ0) is 13.1. The number of rotatable bonds is 5. The molecule has 2 aliphatic rings. The van der Waals surface area contributed by atoms with Crippen LogP contribution in [0.2, 0.25) is 0 Å². The molecule has 1 fully saturated rings. The van der Waals surface area contributed by atoms with E-state index in [1.807, 2.05) is 6.07 Å². The van der Waals surface area contributed by atoms with Crippen molar-refractivity contribution in [2.45, 2.75) is 19.8 Å². The Hall–Kier alpha value is -1.42. The Morgan fingerprint density at radius 3 is 3.11 bits per heavy atom. The van der Waals surface area contributed by atoms with E-state index in [1.165, 1.54) is 18.5 Å².